The molecule has 0 aromatic heterocycles. The Balaban J connectivity index is -0.000000292. The van der Waals surface area contributed by atoms with Crippen molar-refractivity contribution in [2.75, 3.05) is 6.61 Å². The van der Waals surface area contributed by atoms with Crippen LogP contribution in [0.3, 0.4) is 0 Å². The third kappa shape index (κ3) is 21.9. The molecular weight excluding hydrogens is 891 g/mol. The van der Waals surface area contributed by atoms with E-state index in [9.17, 15) is 14.4 Å². The van der Waals surface area contributed by atoms with Gasteiger partial charge in [0.25, 0.3) is 0 Å². The van der Waals surface area contributed by atoms with Crippen molar-refractivity contribution in [3.05, 3.63) is 0 Å². The van der Waals surface area contributed by atoms with Crippen LogP contribution >= 0.6 is 74.5 Å². The number of nitrogens with two attached hydrogens (primary N) is 1. The molecule has 0 aliphatic carbocycles. The number of rotatable bonds is 5. The number of amides is 1. The number of carboxylic acids is 2. The van der Waals surface area contributed by atoms with Gasteiger partial charge in [-0.25, -0.2) is 9.59 Å². The Hall–Kier alpha value is 1.82. The number of ether oxygens (including phenoxy) is 1. The fraction of sp³-hybridized carbons (Fsp3) is 0.727. The van der Waals surface area contributed by atoms with Gasteiger partial charge in [0.2, 0.25) is 0 Å². The molecule has 0 aromatic rings. The van der Waals surface area contributed by atoms with Crippen molar-refractivity contribution >= 4 is 92.5 Å². The van der Waals surface area contributed by atoms with Crippen LogP contribution < -0.4 is 24.3 Å². The van der Waals surface area contributed by atoms with E-state index in [1.54, 1.807) is 0 Å². The zero-order valence-corrected chi connectivity index (χ0v) is 23.5. The summed E-state index contributed by atoms with van der Waals surface area (Å²) in [6.45, 7) is 2.19. The first-order valence-corrected chi connectivity index (χ1v) is 25.3. The molecule has 0 saturated carbocycles. The van der Waals surface area contributed by atoms with Crippen molar-refractivity contribution < 1.29 is 42.6 Å². The number of unbranched alkanes of at least 4 members (excludes halogenated alkanes) is 1. The van der Waals surface area contributed by atoms with Crippen molar-refractivity contribution in [2.45, 2.75) is 44.7 Å². The average Bonchev–Trinajstić information content (AvgIpc) is 2.55. The number of carbonyl (C=O) groups is 3. The van der Waals surface area contributed by atoms with E-state index in [1.807, 2.05) is 6.92 Å². The molecule has 2 unspecified atom stereocenters. The summed E-state index contributed by atoms with van der Waals surface area (Å²) in [6, 6.07) is -1.44. The average molecular weight is 911 g/mol. The van der Waals surface area contributed by atoms with Crippen LogP contribution in [0.5, 0.6) is 0 Å². The summed E-state index contributed by atoms with van der Waals surface area (Å²) in [7, 11) is 0. The molecule has 0 radical (unpaired) electrons. The van der Waals surface area contributed by atoms with Crippen LogP contribution in [0, 0.1) is 0 Å². The van der Waals surface area contributed by atoms with Gasteiger partial charge in [-0.2, -0.15) is 0 Å². The standard InChI is InChI=1S/C6H13NO2.C5H7NO4.I3.I2/c1-2-3-4-5(7)6(8)9;7-4(8)3-1-2-10-5(9)6-3;1-3-2;1-2/h5H,2-4,7H2,1H3,(H,8,9);3H,1-2H2,(H,6,9)(H,7,8);;/q;;-1;. The molecule has 0 aromatic carbocycles. The number of carboxylic acid groups (broad SMARTS) is 2. The second-order valence-corrected chi connectivity index (χ2v) is 20.3. The monoisotopic (exact) mass is 911 g/mol. The van der Waals surface area contributed by atoms with Crippen LogP contribution in [0.2, 0.25) is 0 Å². The normalized spacial score (nSPS) is 16.4. The molecule has 0 bridgehead atoms. The molecule has 8 nitrogen and oxygen atoms in total. The molecule has 146 valence electrons. The first-order chi connectivity index (χ1) is 11.3. The summed E-state index contributed by atoms with van der Waals surface area (Å²) in [5, 5.41) is 18.8. The predicted octanol–water partition coefficient (Wildman–Crippen LogP) is 0.705. The van der Waals surface area contributed by atoms with Gasteiger partial charge in [-0.3, -0.25) is 4.79 Å². The van der Waals surface area contributed by atoms with Gasteiger partial charge in [0.15, 0.2) is 0 Å². The van der Waals surface area contributed by atoms with Gasteiger partial charge in [0.05, 0.1) is 6.61 Å². The predicted molar refractivity (Wildman–Crippen MR) is 122 cm³/mol. The van der Waals surface area contributed by atoms with E-state index < -0.39 is 30.1 Å². The molecule has 1 rings (SSSR count). The maximum Gasteiger partial charge on any atom is 0.407 e. The number of hydrogen-bond acceptors (Lipinski definition) is 5. The third-order valence-corrected chi connectivity index (χ3v) is 2.42. The van der Waals surface area contributed by atoms with Crippen LogP contribution in [0.25, 0.3) is 0 Å². The van der Waals surface area contributed by atoms with Gasteiger partial charge >= 0.3 is 68.5 Å². The SMILES string of the molecule is CCCCC(N)C(=O)O.II.I[I-]I.O=C1NC(C(=O)O)CCO1. The Morgan fingerprint density at radius 1 is 1.42 bits per heavy atom. The summed E-state index contributed by atoms with van der Waals surface area (Å²) in [6.07, 6.45) is 2.17. The minimum Gasteiger partial charge on any atom is -0.480 e. The van der Waals surface area contributed by atoms with Gasteiger partial charge < -0.3 is 26.0 Å². The Morgan fingerprint density at radius 2 is 1.92 bits per heavy atom. The molecule has 1 aliphatic heterocycles. The topological polar surface area (TPSA) is 139 Å². The van der Waals surface area contributed by atoms with Gasteiger partial charge in [-0.1, -0.05) is 19.8 Å². The maximum atomic E-state index is 10.4. The molecule has 13 heteroatoms. The van der Waals surface area contributed by atoms with Crippen molar-refractivity contribution in [1.82, 2.24) is 5.32 Å². The summed E-state index contributed by atoms with van der Waals surface area (Å²) in [5.41, 5.74) is 5.20. The maximum absolute atomic E-state index is 10.4. The summed E-state index contributed by atoms with van der Waals surface area (Å²) < 4.78 is 4.44. The number of halogens is 5. The Morgan fingerprint density at radius 3 is 2.21 bits per heavy atom. The first kappa shape index (κ1) is 30.5. The molecule has 0 spiro atoms. The second kappa shape index (κ2) is 22.9. The number of hydrogen-bond donors (Lipinski definition) is 4. The quantitative estimate of drug-likeness (QED) is 0.299. The number of cyclic esters (lactones) is 1. The van der Waals surface area contributed by atoms with Gasteiger partial charge in [-0.15, -0.1) is 0 Å². The Bertz CT molecular complexity index is 349. The van der Waals surface area contributed by atoms with E-state index in [1.165, 1.54) is 0 Å². The first-order valence-electron chi connectivity index (χ1n) is 6.45. The van der Waals surface area contributed by atoms with E-state index in [0.717, 1.165) is 12.8 Å². The van der Waals surface area contributed by atoms with Gasteiger partial charge in [0.1, 0.15) is 12.1 Å². The third-order valence-electron chi connectivity index (χ3n) is 2.42. The molecule has 24 heavy (non-hydrogen) atoms. The van der Waals surface area contributed by atoms with E-state index >= 15 is 0 Å². The van der Waals surface area contributed by atoms with Crippen LogP contribution in [0.1, 0.15) is 32.6 Å². The molecule has 5 N–H and O–H groups in total. The molecule has 1 aliphatic rings. The number of alkyl carbamates (subject to hydrolysis) is 1. The van der Waals surface area contributed by atoms with Crippen LogP contribution in [0.15, 0.2) is 0 Å². The van der Waals surface area contributed by atoms with E-state index in [4.69, 9.17) is 15.9 Å². The number of aliphatic carboxylic acids is 2. The fourth-order valence-electron chi connectivity index (χ4n) is 1.26. The van der Waals surface area contributed by atoms with Gasteiger partial charge in [0, 0.05) is 43.7 Å². The van der Waals surface area contributed by atoms with E-state index in [-0.39, 0.29) is 6.61 Å². The summed E-state index contributed by atoms with van der Waals surface area (Å²) in [4.78, 5) is 30.7. The Kier molecular flexibility index (Phi) is 29.1. The van der Waals surface area contributed by atoms with E-state index in [0.29, 0.717) is 26.1 Å². The number of carbonyl (C=O) groups excluding carboxylic acids is 1. The smallest absolute Gasteiger partial charge is 0.407 e. The van der Waals surface area contributed by atoms with E-state index in [2.05, 4.69) is 84.5 Å². The molecule has 1 heterocycles. The van der Waals surface area contributed by atoms with Crippen LogP contribution in [-0.4, -0.2) is 46.9 Å². The van der Waals surface area contributed by atoms with Crippen molar-refractivity contribution in [3.8, 4) is 0 Å². The fourth-order valence-corrected chi connectivity index (χ4v) is 1.26. The zero-order chi connectivity index (χ0) is 19.5. The second-order valence-electron chi connectivity index (χ2n) is 4.10. The summed E-state index contributed by atoms with van der Waals surface area (Å²) >= 11 is 9.54. The molecular formula is C11H20I5N2O6-. The van der Waals surface area contributed by atoms with Gasteiger partial charge in [-0.05, 0) is 6.42 Å². The molecule has 1 amide bonds. The van der Waals surface area contributed by atoms with Crippen molar-refractivity contribution in [3.63, 3.8) is 0 Å². The molecule has 1 saturated heterocycles. The largest absolute Gasteiger partial charge is 0.480 e. The van der Waals surface area contributed by atoms with Crippen molar-refractivity contribution in [2.24, 2.45) is 5.73 Å². The van der Waals surface area contributed by atoms with Crippen LogP contribution in [0.4, 0.5) is 4.79 Å². The minimum atomic E-state index is -1.02. The zero-order valence-electron chi connectivity index (χ0n) is 12.7. The van der Waals surface area contributed by atoms with Crippen LogP contribution in [-0.2, 0) is 14.3 Å². The molecule has 2 atom stereocenters. The minimum absolute atomic E-state index is 0.183. The molecule has 1 fully saturated rings. The Labute approximate surface area is 194 Å². The van der Waals surface area contributed by atoms with Crippen molar-refractivity contribution in [1.29, 1.82) is 0 Å². The summed E-state index contributed by atoms with van der Waals surface area (Å²) in [5.74, 6) is -1.92. The number of nitrogens with one attached hydrogen (secondary N) is 1.